The van der Waals surface area contributed by atoms with Crippen LogP contribution in [0.25, 0.3) is 0 Å². The van der Waals surface area contributed by atoms with E-state index in [2.05, 4.69) is 10.3 Å². The van der Waals surface area contributed by atoms with Gasteiger partial charge in [0.05, 0.1) is 24.7 Å². The minimum absolute atomic E-state index is 0.145. The maximum atomic E-state index is 13.0. The zero-order valence-corrected chi connectivity index (χ0v) is 19.6. The van der Waals surface area contributed by atoms with Gasteiger partial charge in [-0.05, 0) is 35.7 Å². The van der Waals surface area contributed by atoms with Gasteiger partial charge in [0, 0.05) is 36.3 Å². The number of imidazole rings is 1. The lowest BCUT2D eigenvalue weighted by Gasteiger charge is -2.31. The first-order chi connectivity index (χ1) is 15.9. The molecule has 33 heavy (non-hydrogen) atoms. The van der Waals surface area contributed by atoms with Crippen molar-refractivity contribution < 1.29 is 14.7 Å². The summed E-state index contributed by atoms with van der Waals surface area (Å²) in [5.74, 6) is -0.375. The van der Waals surface area contributed by atoms with Gasteiger partial charge < -0.3 is 14.6 Å². The SMILES string of the molecule is CC(C)CN(C(=O)NC(=O)c1ccc(Cl)cc1)[C@H](CO)Cc1cn(Cc2ccccc2)cn1. The summed E-state index contributed by atoms with van der Waals surface area (Å²) in [6, 6.07) is 15.3. The summed E-state index contributed by atoms with van der Waals surface area (Å²) in [6.45, 7) is 4.77. The molecule has 3 amide bonds. The van der Waals surface area contributed by atoms with Crippen molar-refractivity contribution in [2.75, 3.05) is 13.2 Å². The number of amides is 3. The average Bonchev–Trinajstić information content (AvgIpc) is 3.23. The zero-order valence-electron chi connectivity index (χ0n) is 18.8. The highest BCUT2D eigenvalue weighted by Gasteiger charge is 2.26. The number of rotatable bonds is 9. The Labute approximate surface area is 199 Å². The van der Waals surface area contributed by atoms with Crippen LogP contribution >= 0.6 is 11.6 Å². The molecule has 0 saturated heterocycles. The Morgan fingerprint density at radius 1 is 1.12 bits per heavy atom. The van der Waals surface area contributed by atoms with Gasteiger partial charge in [0.1, 0.15) is 0 Å². The van der Waals surface area contributed by atoms with Crippen LogP contribution in [0.5, 0.6) is 0 Å². The molecule has 174 valence electrons. The fourth-order valence-electron chi connectivity index (χ4n) is 3.54. The predicted octanol–water partition coefficient (Wildman–Crippen LogP) is 4.00. The minimum atomic E-state index is -0.550. The maximum Gasteiger partial charge on any atom is 0.324 e. The number of aliphatic hydroxyl groups excluding tert-OH is 1. The molecule has 2 aromatic carbocycles. The zero-order chi connectivity index (χ0) is 23.8. The van der Waals surface area contributed by atoms with Crippen molar-refractivity contribution in [2.45, 2.75) is 32.9 Å². The lowest BCUT2D eigenvalue weighted by molar-refractivity contribution is 0.0915. The van der Waals surface area contributed by atoms with Crippen molar-refractivity contribution in [3.05, 3.63) is 89.0 Å². The van der Waals surface area contributed by atoms with Gasteiger partial charge in [0.15, 0.2) is 0 Å². The van der Waals surface area contributed by atoms with E-state index in [1.165, 1.54) is 4.90 Å². The molecule has 0 radical (unpaired) electrons. The van der Waals surface area contributed by atoms with Crippen LogP contribution in [0.15, 0.2) is 67.1 Å². The van der Waals surface area contributed by atoms with E-state index in [0.717, 1.165) is 11.3 Å². The standard InChI is InChI=1S/C25H29ClN4O3/c1-18(2)13-30(25(33)28-24(32)20-8-10-21(26)11-9-20)23(16-31)12-22-15-29(17-27-22)14-19-6-4-3-5-7-19/h3-11,15,17-18,23,31H,12-14,16H2,1-2H3,(H,28,32,33)/t23-/m0/s1. The van der Waals surface area contributed by atoms with Gasteiger partial charge in [0.25, 0.3) is 5.91 Å². The second-order valence-corrected chi connectivity index (χ2v) is 8.81. The molecule has 0 aliphatic rings. The maximum absolute atomic E-state index is 13.0. The molecule has 0 aliphatic heterocycles. The van der Waals surface area contributed by atoms with E-state index in [4.69, 9.17) is 11.6 Å². The van der Waals surface area contributed by atoms with Crippen molar-refractivity contribution in [3.8, 4) is 0 Å². The van der Waals surface area contributed by atoms with Crippen LogP contribution in [0.2, 0.25) is 5.02 Å². The molecule has 7 nitrogen and oxygen atoms in total. The summed E-state index contributed by atoms with van der Waals surface area (Å²) in [4.78, 5) is 31.5. The second-order valence-electron chi connectivity index (χ2n) is 8.38. The van der Waals surface area contributed by atoms with E-state index in [1.54, 1.807) is 30.6 Å². The van der Waals surface area contributed by atoms with Crippen molar-refractivity contribution in [1.82, 2.24) is 19.8 Å². The Morgan fingerprint density at radius 2 is 1.82 bits per heavy atom. The van der Waals surface area contributed by atoms with Gasteiger partial charge in [-0.1, -0.05) is 55.8 Å². The van der Waals surface area contributed by atoms with Gasteiger partial charge in [0.2, 0.25) is 0 Å². The minimum Gasteiger partial charge on any atom is -0.394 e. The molecular formula is C25H29ClN4O3. The number of urea groups is 1. The van der Waals surface area contributed by atoms with E-state index in [1.807, 2.05) is 54.9 Å². The van der Waals surface area contributed by atoms with E-state index < -0.39 is 18.0 Å². The van der Waals surface area contributed by atoms with Gasteiger partial charge >= 0.3 is 6.03 Å². The number of hydrogen-bond donors (Lipinski definition) is 2. The first kappa shape index (κ1) is 24.5. The Balaban J connectivity index is 1.69. The van der Waals surface area contributed by atoms with Crippen molar-refractivity contribution in [3.63, 3.8) is 0 Å². The van der Waals surface area contributed by atoms with Gasteiger partial charge in [-0.2, -0.15) is 0 Å². The monoisotopic (exact) mass is 468 g/mol. The molecule has 0 aliphatic carbocycles. The van der Waals surface area contributed by atoms with Crippen LogP contribution < -0.4 is 5.32 Å². The summed E-state index contributed by atoms with van der Waals surface area (Å²) >= 11 is 5.87. The Bertz CT molecular complexity index is 1050. The molecule has 2 N–H and O–H groups in total. The summed E-state index contributed by atoms with van der Waals surface area (Å²) in [6.07, 6.45) is 4.03. The molecule has 1 heterocycles. The van der Waals surface area contributed by atoms with Crippen LogP contribution in [0.1, 0.15) is 35.5 Å². The Hall–Kier alpha value is -3.16. The number of nitrogens with one attached hydrogen (secondary N) is 1. The number of aliphatic hydroxyl groups is 1. The molecule has 0 fully saturated rings. The molecule has 0 spiro atoms. The number of nitrogens with zero attached hydrogens (tertiary/aromatic N) is 3. The highest BCUT2D eigenvalue weighted by atomic mass is 35.5. The third kappa shape index (κ3) is 7.17. The highest BCUT2D eigenvalue weighted by molar-refractivity contribution is 6.30. The second kappa shape index (κ2) is 11.6. The quantitative estimate of drug-likeness (QED) is 0.497. The number of halogens is 1. The summed E-state index contributed by atoms with van der Waals surface area (Å²) in [5.41, 5.74) is 2.25. The van der Waals surface area contributed by atoms with E-state index in [9.17, 15) is 14.7 Å². The van der Waals surface area contributed by atoms with Crippen LogP contribution in [-0.2, 0) is 13.0 Å². The van der Waals surface area contributed by atoms with E-state index in [0.29, 0.717) is 30.1 Å². The summed E-state index contributed by atoms with van der Waals surface area (Å²) in [5, 5.41) is 13.0. The fourth-order valence-corrected chi connectivity index (χ4v) is 3.67. The number of benzene rings is 2. The Kier molecular flexibility index (Phi) is 8.63. The molecule has 3 rings (SSSR count). The topological polar surface area (TPSA) is 87.5 Å². The Morgan fingerprint density at radius 3 is 2.45 bits per heavy atom. The lowest BCUT2D eigenvalue weighted by Crippen LogP contribution is -2.51. The molecule has 0 bridgehead atoms. The predicted molar refractivity (Wildman–Crippen MR) is 128 cm³/mol. The number of hydrogen-bond acceptors (Lipinski definition) is 4. The number of aromatic nitrogens is 2. The smallest absolute Gasteiger partial charge is 0.324 e. The normalized spacial score (nSPS) is 11.9. The average molecular weight is 469 g/mol. The van der Waals surface area contributed by atoms with E-state index in [-0.39, 0.29) is 12.5 Å². The van der Waals surface area contributed by atoms with Gasteiger partial charge in [-0.25, -0.2) is 9.78 Å². The van der Waals surface area contributed by atoms with Crippen LogP contribution in [0.3, 0.4) is 0 Å². The molecule has 8 heteroatoms. The summed E-state index contributed by atoms with van der Waals surface area (Å²) in [7, 11) is 0. The number of imide groups is 1. The van der Waals surface area contributed by atoms with Crippen molar-refractivity contribution >= 4 is 23.5 Å². The van der Waals surface area contributed by atoms with Gasteiger partial charge in [-0.3, -0.25) is 10.1 Å². The largest absolute Gasteiger partial charge is 0.394 e. The van der Waals surface area contributed by atoms with Crippen LogP contribution in [0, 0.1) is 5.92 Å². The van der Waals surface area contributed by atoms with Gasteiger partial charge in [-0.15, -0.1) is 0 Å². The van der Waals surface area contributed by atoms with Crippen LogP contribution in [0.4, 0.5) is 4.79 Å². The highest BCUT2D eigenvalue weighted by Crippen LogP contribution is 2.13. The third-order valence-corrected chi connectivity index (χ3v) is 5.39. The summed E-state index contributed by atoms with van der Waals surface area (Å²) < 4.78 is 1.97. The van der Waals surface area contributed by atoms with Crippen molar-refractivity contribution in [1.29, 1.82) is 0 Å². The van der Waals surface area contributed by atoms with E-state index >= 15 is 0 Å². The third-order valence-electron chi connectivity index (χ3n) is 5.14. The molecule has 0 unspecified atom stereocenters. The molecule has 1 aromatic heterocycles. The molecule has 1 atom stereocenters. The first-order valence-electron chi connectivity index (χ1n) is 10.9. The number of carbonyl (C=O) groups is 2. The number of carbonyl (C=O) groups excluding carboxylic acids is 2. The molecule has 3 aromatic rings. The van der Waals surface area contributed by atoms with Crippen molar-refractivity contribution in [2.24, 2.45) is 5.92 Å². The van der Waals surface area contributed by atoms with Crippen LogP contribution in [-0.4, -0.2) is 50.7 Å². The fraction of sp³-hybridized carbons (Fsp3) is 0.320. The lowest BCUT2D eigenvalue weighted by atomic mass is 10.1. The molecule has 0 saturated carbocycles. The molecular weight excluding hydrogens is 440 g/mol. The first-order valence-corrected chi connectivity index (χ1v) is 11.3.